The largest absolute Gasteiger partial charge is 0.399 e. The van der Waals surface area contributed by atoms with Gasteiger partial charge >= 0.3 is 0 Å². The number of nitrogens with two attached hydrogens (primary N) is 1. The Bertz CT molecular complexity index is 422. The van der Waals surface area contributed by atoms with Crippen molar-refractivity contribution in [2.75, 3.05) is 37.4 Å². The fourth-order valence-corrected chi connectivity index (χ4v) is 1.61. The predicted molar refractivity (Wildman–Crippen MR) is 65.1 cm³/mol. The predicted octanol–water partition coefficient (Wildman–Crippen LogP) is 1.91. The Morgan fingerprint density at radius 2 is 1.94 bits per heavy atom. The lowest BCUT2D eigenvalue weighted by Gasteiger charge is -2.24. The Morgan fingerprint density at radius 3 is 2.44 bits per heavy atom. The topological polar surface area (TPSA) is 62.3 Å². The Hall–Kier alpha value is -1.87. The van der Waals surface area contributed by atoms with Gasteiger partial charge in [0.2, 0.25) is 0 Å². The van der Waals surface area contributed by atoms with Crippen molar-refractivity contribution in [3.63, 3.8) is 0 Å². The Kier molecular flexibility index (Phi) is 5.33. The van der Waals surface area contributed by atoms with Crippen LogP contribution in [-0.4, -0.2) is 26.8 Å². The second kappa shape index (κ2) is 6.77. The highest BCUT2D eigenvalue weighted by Gasteiger charge is 2.17. The summed E-state index contributed by atoms with van der Waals surface area (Å²) in [6, 6.07) is 4.06. The van der Waals surface area contributed by atoms with E-state index in [9.17, 15) is 8.78 Å². The Balaban J connectivity index is 3.00. The molecular weight excluding hydrogens is 240 g/mol. The molecule has 0 amide bonds. The number of ether oxygens (including phenoxy) is 1. The van der Waals surface area contributed by atoms with Crippen LogP contribution in [0.2, 0.25) is 0 Å². The summed E-state index contributed by atoms with van der Waals surface area (Å²) in [5, 5.41) is 8.55. The zero-order valence-corrected chi connectivity index (χ0v) is 10.1. The van der Waals surface area contributed by atoms with Crippen LogP contribution >= 0.6 is 0 Å². The van der Waals surface area contributed by atoms with Gasteiger partial charge in [0.05, 0.1) is 19.1 Å². The third-order valence-electron chi connectivity index (χ3n) is 2.41. The van der Waals surface area contributed by atoms with E-state index < -0.39 is 11.6 Å². The molecule has 0 fully saturated rings. The number of rotatable bonds is 6. The van der Waals surface area contributed by atoms with Crippen LogP contribution in [0.4, 0.5) is 20.2 Å². The van der Waals surface area contributed by atoms with Gasteiger partial charge in [-0.1, -0.05) is 0 Å². The van der Waals surface area contributed by atoms with Crippen molar-refractivity contribution in [1.29, 1.82) is 5.26 Å². The molecule has 0 spiro atoms. The molecule has 1 aromatic carbocycles. The molecule has 6 heteroatoms. The maximum Gasteiger partial charge on any atom is 0.151 e. The van der Waals surface area contributed by atoms with E-state index in [1.54, 1.807) is 0 Å². The minimum absolute atomic E-state index is 0.0284. The molecule has 0 radical (unpaired) electrons. The fourth-order valence-electron chi connectivity index (χ4n) is 1.61. The van der Waals surface area contributed by atoms with Crippen LogP contribution in [0.25, 0.3) is 0 Å². The highest BCUT2D eigenvalue weighted by molar-refractivity contribution is 5.55. The number of halogens is 2. The molecule has 2 N–H and O–H groups in total. The summed E-state index contributed by atoms with van der Waals surface area (Å²) >= 11 is 0. The van der Waals surface area contributed by atoms with Gasteiger partial charge in [-0.25, -0.2) is 8.78 Å². The van der Waals surface area contributed by atoms with Crippen molar-refractivity contribution in [2.24, 2.45) is 0 Å². The zero-order chi connectivity index (χ0) is 13.5. The first kappa shape index (κ1) is 14.2. The molecule has 1 rings (SSSR count). The quantitative estimate of drug-likeness (QED) is 0.789. The summed E-state index contributed by atoms with van der Waals surface area (Å²) in [5.74, 6) is -1.47. The lowest BCUT2D eigenvalue weighted by molar-refractivity contribution is 0.205. The van der Waals surface area contributed by atoms with Gasteiger partial charge < -0.3 is 15.4 Å². The van der Waals surface area contributed by atoms with Crippen LogP contribution in [0, 0.1) is 23.0 Å². The maximum atomic E-state index is 13.7. The molecule has 4 nitrogen and oxygen atoms in total. The number of nitrogen functional groups attached to an aromatic ring is 1. The molecule has 0 aliphatic carbocycles. The fraction of sp³-hybridized carbons (Fsp3) is 0.417. The van der Waals surface area contributed by atoms with Gasteiger partial charge in [-0.3, -0.25) is 0 Å². The van der Waals surface area contributed by atoms with Crippen LogP contribution in [0.3, 0.4) is 0 Å². The minimum Gasteiger partial charge on any atom is -0.399 e. The van der Waals surface area contributed by atoms with E-state index >= 15 is 0 Å². The van der Waals surface area contributed by atoms with Crippen LogP contribution < -0.4 is 10.6 Å². The van der Waals surface area contributed by atoms with Crippen LogP contribution in [0.1, 0.15) is 6.42 Å². The zero-order valence-electron chi connectivity index (χ0n) is 10.1. The Morgan fingerprint density at radius 1 is 1.33 bits per heavy atom. The van der Waals surface area contributed by atoms with Crippen molar-refractivity contribution in [3.05, 3.63) is 23.8 Å². The average Bonchev–Trinajstić information content (AvgIpc) is 2.30. The molecule has 18 heavy (non-hydrogen) atoms. The van der Waals surface area contributed by atoms with Crippen molar-refractivity contribution in [1.82, 2.24) is 0 Å². The van der Waals surface area contributed by atoms with Gasteiger partial charge in [0.1, 0.15) is 5.69 Å². The molecule has 0 aliphatic rings. The van der Waals surface area contributed by atoms with E-state index in [1.165, 1.54) is 12.0 Å². The van der Waals surface area contributed by atoms with E-state index in [0.29, 0.717) is 13.2 Å². The molecule has 1 aromatic rings. The average molecular weight is 255 g/mol. The van der Waals surface area contributed by atoms with Crippen LogP contribution in [-0.2, 0) is 4.74 Å². The molecular formula is C12H15F2N3O. The van der Waals surface area contributed by atoms with Crippen molar-refractivity contribution >= 4 is 11.4 Å². The molecule has 0 aliphatic heterocycles. The maximum absolute atomic E-state index is 13.7. The highest BCUT2D eigenvalue weighted by atomic mass is 19.1. The second-order valence-corrected chi connectivity index (χ2v) is 3.72. The Labute approximate surface area is 105 Å². The van der Waals surface area contributed by atoms with Gasteiger partial charge in [0, 0.05) is 25.9 Å². The van der Waals surface area contributed by atoms with Gasteiger partial charge in [-0.2, -0.15) is 5.26 Å². The molecule has 0 heterocycles. The third kappa shape index (κ3) is 3.57. The summed E-state index contributed by atoms with van der Waals surface area (Å²) in [6.45, 7) is 0.849. The minimum atomic E-state index is -0.735. The lowest BCUT2D eigenvalue weighted by atomic mass is 10.2. The lowest BCUT2D eigenvalue weighted by Crippen LogP contribution is -2.30. The van der Waals surface area contributed by atoms with Gasteiger partial charge in [-0.15, -0.1) is 0 Å². The smallest absolute Gasteiger partial charge is 0.151 e. The standard InChI is InChI=1S/C12H15F2N3O/c1-18-6-5-17(4-2-3-15)12-10(13)7-9(16)8-11(12)14/h7-8H,2,4-6,16H2,1H3. The van der Waals surface area contributed by atoms with Crippen molar-refractivity contribution < 1.29 is 13.5 Å². The summed E-state index contributed by atoms with van der Waals surface area (Å²) in [7, 11) is 1.50. The summed E-state index contributed by atoms with van der Waals surface area (Å²) in [5.41, 5.74) is 5.21. The van der Waals surface area contributed by atoms with Crippen LogP contribution in [0.15, 0.2) is 12.1 Å². The first-order valence-corrected chi connectivity index (χ1v) is 5.45. The van der Waals surface area contributed by atoms with E-state index in [1.807, 2.05) is 6.07 Å². The molecule has 0 saturated heterocycles. The molecule has 98 valence electrons. The number of anilines is 2. The number of nitriles is 1. The summed E-state index contributed by atoms with van der Waals surface area (Å²) in [4.78, 5) is 1.44. The first-order chi connectivity index (χ1) is 8.60. The van der Waals surface area contributed by atoms with Gasteiger partial charge in [0.15, 0.2) is 11.6 Å². The van der Waals surface area contributed by atoms with Gasteiger partial charge in [0.25, 0.3) is 0 Å². The summed E-state index contributed by atoms with van der Waals surface area (Å²) < 4.78 is 32.3. The number of methoxy groups -OCH3 is 1. The van der Waals surface area contributed by atoms with Crippen molar-refractivity contribution in [3.8, 4) is 6.07 Å². The number of hydrogen-bond acceptors (Lipinski definition) is 4. The number of nitrogens with zero attached hydrogens (tertiary/aromatic N) is 2. The number of benzene rings is 1. The second-order valence-electron chi connectivity index (χ2n) is 3.72. The van der Waals surface area contributed by atoms with E-state index in [4.69, 9.17) is 15.7 Å². The normalized spacial score (nSPS) is 10.1. The summed E-state index contributed by atoms with van der Waals surface area (Å²) in [6.07, 6.45) is 0.174. The van der Waals surface area contributed by atoms with E-state index in [-0.39, 0.29) is 24.3 Å². The molecule has 0 atom stereocenters. The molecule has 0 unspecified atom stereocenters. The van der Waals surface area contributed by atoms with Crippen LogP contribution in [0.5, 0.6) is 0 Å². The first-order valence-electron chi connectivity index (χ1n) is 5.45. The monoisotopic (exact) mass is 255 g/mol. The van der Waals surface area contributed by atoms with Crippen molar-refractivity contribution in [2.45, 2.75) is 6.42 Å². The SMILES string of the molecule is COCCN(CCC#N)c1c(F)cc(N)cc1F. The van der Waals surface area contributed by atoms with E-state index in [2.05, 4.69) is 0 Å². The molecule has 0 saturated carbocycles. The molecule has 0 bridgehead atoms. The van der Waals surface area contributed by atoms with Gasteiger partial charge in [-0.05, 0) is 12.1 Å². The number of hydrogen-bond donors (Lipinski definition) is 1. The molecule has 0 aromatic heterocycles. The van der Waals surface area contributed by atoms with E-state index in [0.717, 1.165) is 12.1 Å². The third-order valence-corrected chi connectivity index (χ3v) is 2.41. The highest BCUT2D eigenvalue weighted by Crippen LogP contribution is 2.26.